The van der Waals surface area contributed by atoms with Gasteiger partial charge in [0.2, 0.25) is 0 Å². The summed E-state index contributed by atoms with van der Waals surface area (Å²) in [5.74, 6) is 0. The minimum atomic E-state index is -0.646. The minimum Gasteiger partial charge on any atom is -0.394 e. The molecule has 18 heavy (non-hydrogen) atoms. The first-order valence-corrected chi connectivity index (χ1v) is 6.49. The Hall–Kier alpha value is -1.40. The van der Waals surface area contributed by atoms with Crippen molar-refractivity contribution in [2.24, 2.45) is 0 Å². The second kappa shape index (κ2) is 4.07. The van der Waals surface area contributed by atoms with Crippen molar-refractivity contribution in [2.75, 3.05) is 6.61 Å². The van der Waals surface area contributed by atoms with E-state index in [-0.39, 0.29) is 12.6 Å². The Kier molecular flexibility index (Phi) is 2.64. The maximum atomic E-state index is 12.0. The zero-order chi connectivity index (χ0) is 12.9. The minimum absolute atomic E-state index is 0.131. The molecule has 3 rings (SSSR count). The maximum absolute atomic E-state index is 12.0. The number of hydrogen-bond acceptors (Lipinski definition) is 3. The molecule has 94 valence electrons. The van der Waals surface area contributed by atoms with Crippen LogP contribution in [-0.2, 0) is 6.42 Å². The molecule has 1 unspecified atom stereocenters. The summed E-state index contributed by atoms with van der Waals surface area (Å²) < 4.78 is 2.30. The van der Waals surface area contributed by atoms with Gasteiger partial charge in [0, 0.05) is 4.47 Å². The van der Waals surface area contributed by atoms with Crippen LogP contribution in [0.1, 0.15) is 18.0 Å². The summed E-state index contributed by atoms with van der Waals surface area (Å²) in [4.78, 5) is 26.2. The standard InChI is InChI=1S/C12H11BrN2O3/c13-7-3-6-1-2-8(5-16)15-10(6)9(4-7)14-11(17)12(15)18/h3-4,8,16H,1-2,5H2,(H,14,17). The highest BCUT2D eigenvalue weighted by atomic mass is 79.9. The third-order valence-electron chi connectivity index (χ3n) is 3.38. The summed E-state index contributed by atoms with van der Waals surface area (Å²) in [6.07, 6.45) is 1.45. The summed E-state index contributed by atoms with van der Waals surface area (Å²) in [5.41, 5.74) is 1.13. The first kappa shape index (κ1) is 11.7. The van der Waals surface area contributed by atoms with Crippen LogP contribution in [0.25, 0.3) is 11.0 Å². The molecule has 0 aliphatic carbocycles. The summed E-state index contributed by atoms with van der Waals surface area (Å²) in [5, 5.41) is 9.36. The zero-order valence-electron chi connectivity index (χ0n) is 9.44. The van der Waals surface area contributed by atoms with Crippen LogP contribution >= 0.6 is 15.9 Å². The molecule has 1 aromatic carbocycles. The van der Waals surface area contributed by atoms with Crippen LogP contribution in [0, 0.1) is 0 Å². The lowest BCUT2D eigenvalue weighted by molar-refractivity contribution is 0.217. The molecular formula is C12H11BrN2O3. The van der Waals surface area contributed by atoms with E-state index >= 15 is 0 Å². The lowest BCUT2D eigenvalue weighted by Crippen LogP contribution is -2.41. The number of hydrogen-bond donors (Lipinski definition) is 2. The van der Waals surface area contributed by atoms with Crippen LogP contribution in [0.4, 0.5) is 0 Å². The summed E-state index contributed by atoms with van der Waals surface area (Å²) in [7, 11) is 0. The molecule has 2 heterocycles. The first-order chi connectivity index (χ1) is 8.61. The fourth-order valence-corrected chi connectivity index (χ4v) is 3.09. The van der Waals surface area contributed by atoms with Crippen molar-refractivity contribution in [3.8, 4) is 0 Å². The van der Waals surface area contributed by atoms with E-state index in [1.807, 2.05) is 6.07 Å². The molecule has 6 heteroatoms. The molecule has 2 aromatic rings. The van der Waals surface area contributed by atoms with Crippen LogP contribution in [0.5, 0.6) is 0 Å². The molecule has 0 bridgehead atoms. The number of benzene rings is 1. The number of aliphatic hydroxyl groups is 1. The molecular weight excluding hydrogens is 300 g/mol. The van der Waals surface area contributed by atoms with Crippen LogP contribution in [0.3, 0.4) is 0 Å². The third kappa shape index (κ3) is 1.56. The Labute approximate surface area is 110 Å². The van der Waals surface area contributed by atoms with Gasteiger partial charge in [-0.2, -0.15) is 0 Å². The van der Waals surface area contributed by atoms with Crippen LogP contribution in [0.15, 0.2) is 26.2 Å². The number of nitrogens with one attached hydrogen (secondary N) is 1. The van der Waals surface area contributed by atoms with Crippen molar-refractivity contribution >= 4 is 27.0 Å². The molecule has 0 saturated carbocycles. The van der Waals surface area contributed by atoms with E-state index in [4.69, 9.17) is 0 Å². The van der Waals surface area contributed by atoms with Crippen LogP contribution < -0.4 is 11.1 Å². The molecule has 0 radical (unpaired) electrons. The topological polar surface area (TPSA) is 75.1 Å². The fraction of sp³-hybridized carbons (Fsp3) is 0.333. The van der Waals surface area contributed by atoms with Crippen molar-refractivity contribution < 1.29 is 5.11 Å². The Morgan fingerprint density at radius 3 is 2.94 bits per heavy atom. The van der Waals surface area contributed by atoms with Crippen molar-refractivity contribution in [3.05, 3.63) is 42.9 Å². The van der Waals surface area contributed by atoms with E-state index in [1.54, 1.807) is 6.07 Å². The average Bonchev–Trinajstić information content (AvgIpc) is 2.34. The maximum Gasteiger partial charge on any atom is 0.317 e. The predicted octanol–water partition coefficient (Wildman–Crippen LogP) is 0.932. The molecule has 0 spiro atoms. The highest BCUT2D eigenvalue weighted by molar-refractivity contribution is 9.10. The molecule has 0 amide bonds. The van der Waals surface area contributed by atoms with Gasteiger partial charge >= 0.3 is 11.1 Å². The van der Waals surface area contributed by atoms with E-state index in [2.05, 4.69) is 20.9 Å². The number of nitrogens with zero attached hydrogens (tertiary/aromatic N) is 1. The van der Waals surface area contributed by atoms with Gasteiger partial charge in [0.05, 0.1) is 23.7 Å². The van der Waals surface area contributed by atoms with Gasteiger partial charge in [0.25, 0.3) is 0 Å². The van der Waals surface area contributed by atoms with E-state index in [1.165, 1.54) is 4.57 Å². The number of aliphatic hydroxyl groups excluding tert-OH is 1. The third-order valence-corrected chi connectivity index (χ3v) is 3.84. The molecule has 1 atom stereocenters. The first-order valence-electron chi connectivity index (χ1n) is 5.69. The quantitative estimate of drug-likeness (QED) is 0.770. The molecule has 5 nitrogen and oxygen atoms in total. The summed E-state index contributed by atoms with van der Waals surface area (Å²) in [6, 6.07) is 3.41. The van der Waals surface area contributed by atoms with Crippen LogP contribution in [0.2, 0.25) is 0 Å². The number of rotatable bonds is 1. The van der Waals surface area contributed by atoms with Gasteiger partial charge in [-0.25, -0.2) is 0 Å². The Morgan fingerprint density at radius 1 is 1.44 bits per heavy atom. The van der Waals surface area contributed by atoms with E-state index in [0.29, 0.717) is 11.9 Å². The Morgan fingerprint density at radius 2 is 2.22 bits per heavy atom. The molecule has 1 aromatic heterocycles. The van der Waals surface area contributed by atoms with Crippen molar-refractivity contribution in [1.29, 1.82) is 0 Å². The second-order valence-corrected chi connectivity index (χ2v) is 5.38. The summed E-state index contributed by atoms with van der Waals surface area (Å²) >= 11 is 3.39. The lowest BCUT2D eigenvalue weighted by Gasteiger charge is -2.26. The lowest BCUT2D eigenvalue weighted by atomic mass is 9.98. The monoisotopic (exact) mass is 310 g/mol. The van der Waals surface area contributed by atoms with E-state index in [0.717, 1.165) is 22.0 Å². The fourth-order valence-electron chi connectivity index (χ4n) is 2.59. The smallest absolute Gasteiger partial charge is 0.317 e. The summed E-state index contributed by atoms with van der Waals surface area (Å²) in [6.45, 7) is -0.131. The molecule has 0 saturated heterocycles. The number of halogens is 1. The van der Waals surface area contributed by atoms with Gasteiger partial charge in [-0.3, -0.25) is 14.2 Å². The molecule has 2 N–H and O–H groups in total. The van der Waals surface area contributed by atoms with Crippen molar-refractivity contribution in [3.63, 3.8) is 0 Å². The van der Waals surface area contributed by atoms with Gasteiger partial charge in [0.1, 0.15) is 0 Å². The second-order valence-electron chi connectivity index (χ2n) is 4.47. The molecule has 0 fully saturated rings. The van der Waals surface area contributed by atoms with E-state index < -0.39 is 11.1 Å². The predicted molar refractivity (Wildman–Crippen MR) is 71.0 cm³/mol. The van der Waals surface area contributed by atoms with Crippen molar-refractivity contribution in [2.45, 2.75) is 18.9 Å². The zero-order valence-corrected chi connectivity index (χ0v) is 11.0. The van der Waals surface area contributed by atoms with Gasteiger partial charge in [-0.05, 0) is 30.5 Å². The number of aryl methyl sites for hydroxylation is 1. The number of H-pyrrole nitrogens is 1. The SMILES string of the molecule is O=c1[nH]c2cc(Br)cc3c2n(c1=O)C(CO)CC3. The largest absolute Gasteiger partial charge is 0.394 e. The number of aromatic amines is 1. The average molecular weight is 311 g/mol. The highest BCUT2D eigenvalue weighted by Gasteiger charge is 2.23. The number of aromatic nitrogens is 2. The molecule has 1 aliphatic heterocycles. The van der Waals surface area contributed by atoms with Gasteiger partial charge in [0.15, 0.2) is 0 Å². The van der Waals surface area contributed by atoms with Crippen LogP contribution in [-0.4, -0.2) is 21.3 Å². The van der Waals surface area contributed by atoms with Gasteiger partial charge in [-0.15, -0.1) is 0 Å². The van der Waals surface area contributed by atoms with Crippen molar-refractivity contribution in [1.82, 2.24) is 9.55 Å². The van der Waals surface area contributed by atoms with Gasteiger partial charge in [-0.1, -0.05) is 15.9 Å². The van der Waals surface area contributed by atoms with E-state index in [9.17, 15) is 14.7 Å². The Bertz CT molecular complexity index is 747. The molecule has 1 aliphatic rings. The van der Waals surface area contributed by atoms with Gasteiger partial charge < -0.3 is 10.1 Å². The Balaban J connectivity index is 2.54. The normalized spacial score (nSPS) is 18.2. The highest BCUT2D eigenvalue weighted by Crippen LogP contribution is 2.30.